The summed E-state index contributed by atoms with van der Waals surface area (Å²) in [6.07, 6.45) is 0. The Hall–Kier alpha value is -2.62. The number of benzene rings is 4. The third-order valence-electron chi connectivity index (χ3n) is 2.71. The van der Waals surface area contributed by atoms with Crippen molar-refractivity contribution in [3.05, 3.63) is 60.7 Å². The van der Waals surface area contributed by atoms with Gasteiger partial charge in [-0.05, 0) is 22.9 Å². The Labute approximate surface area is 104 Å². The van der Waals surface area contributed by atoms with Crippen LogP contribution in [0.2, 0.25) is 0 Å². The lowest BCUT2D eigenvalue weighted by atomic mass is 10.1. The highest BCUT2D eigenvalue weighted by Crippen LogP contribution is 2.10. The standard InChI is InChI=1S/C8H6.C6H6N4/c1-2-8-5-3-7(1)4-6-8;7-10-8-5-3-1-2-4-6(5)9-10/h1-6H;1-4H,7H2. The molecule has 0 saturated carbocycles. The molecule has 4 heteroatoms. The van der Waals surface area contributed by atoms with Gasteiger partial charge in [-0.25, -0.2) is 0 Å². The van der Waals surface area contributed by atoms with E-state index in [4.69, 9.17) is 5.84 Å². The summed E-state index contributed by atoms with van der Waals surface area (Å²) in [6, 6.07) is 20.3. The first kappa shape index (κ1) is 10.5. The van der Waals surface area contributed by atoms with E-state index < -0.39 is 0 Å². The van der Waals surface area contributed by atoms with Gasteiger partial charge in [0.25, 0.3) is 0 Å². The summed E-state index contributed by atoms with van der Waals surface area (Å²) in [7, 11) is 0. The minimum absolute atomic E-state index is 0.824. The first-order valence-electron chi connectivity index (χ1n) is 5.66. The molecule has 5 aromatic rings. The second kappa shape index (κ2) is 4.33. The molecule has 1 aromatic heterocycles. The molecular formula is C14H12N4. The molecule has 0 spiro atoms. The maximum absolute atomic E-state index is 5.28. The minimum atomic E-state index is 0.824. The Morgan fingerprint density at radius 3 is 1.39 bits per heavy atom. The van der Waals surface area contributed by atoms with E-state index in [1.807, 2.05) is 24.3 Å². The highest BCUT2D eigenvalue weighted by Gasteiger charge is 1.95. The first-order valence-corrected chi connectivity index (χ1v) is 5.66. The monoisotopic (exact) mass is 236 g/mol. The third kappa shape index (κ3) is 2.08. The molecule has 18 heavy (non-hydrogen) atoms. The number of fused-ring (bicyclic) bond motifs is 4. The fourth-order valence-electron chi connectivity index (χ4n) is 1.79. The summed E-state index contributed by atoms with van der Waals surface area (Å²) >= 11 is 0. The van der Waals surface area contributed by atoms with Gasteiger partial charge >= 0.3 is 0 Å². The molecule has 2 N–H and O–H groups in total. The van der Waals surface area contributed by atoms with Gasteiger partial charge in [0.15, 0.2) is 0 Å². The van der Waals surface area contributed by atoms with Crippen LogP contribution in [0.5, 0.6) is 0 Å². The molecule has 0 aliphatic heterocycles. The van der Waals surface area contributed by atoms with Gasteiger partial charge < -0.3 is 5.84 Å². The predicted octanol–water partition coefficient (Wildman–Crippen LogP) is 2.42. The van der Waals surface area contributed by atoms with E-state index in [9.17, 15) is 0 Å². The molecule has 0 saturated heterocycles. The molecule has 0 atom stereocenters. The van der Waals surface area contributed by atoms with E-state index in [1.54, 1.807) is 0 Å². The van der Waals surface area contributed by atoms with Crippen LogP contribution in [0.3, 0.4) is 0 Å². The second-order valence-electron chi connectivity index (χ2n) is 4.01. The average molecular weight is 236 g/mol. The lowest BCUT2D eigenvalue weighted by Gasteiger charge is -1.92. The van der Waals surface area contributed by atoms with Gasteiger partial charge in [0.2, 0.25) is 0 Å². The molecule has 2 bridgehead atoms. The second-order valence-corrected chi connectivity index (χ2v) is 4.01. The number of nitrogens with two attached hydrogens (primary N) is 1. The van der Waals surface area contributed by atoms with Crippen LogP contribution in [0.4, 0.5) is 0 Å². The molecule has 0 aliphatic carbocycles. The number of nitrogens with zero attached hydrogens (tertiary/aromatic N) is 3. The van der Waals surface area contributed by atoms with Gasteiger partial charge in [0, 0.05) is 0 Å². The summed E-state index contributed by atoms with van der Waals surface area (Å²) in [5.41, 5.74) is 1.65. The SMILES string of the molecule is Nn1nc2ccccc2n1.c1cc2ccc1cc2. The molecule has 1 heterocycles. The van der Waals surface area contributed by atoms with Crippen molar-refractivity contribution < 1.29 is 0 Å². The first-order chi connectivity index (χ1) is 8.81. The molecule has 0 fully saturated rings. The maximum Gasteiger partial charge on any atom is 0.115 e. The van der Waals surface area contributed by atoms with Crippen LogP contribution in [0, 0.1) is 0 Å². The van der Waals surface area contributed by atoms with Gasteiger partial charge in [-0.15, -0.1) is 10.2 Å². The van der Waals surface area contributed by atoms with Crippen molar-refractivity contribution in [3.8, 4) is 0 Å². The summed E-state index contributed by atoms with van der Waals surface area (Å²) in [6.45, 7) is 0. The number of nitrogen functional groups attached to an aromatic ring is 1. The number of aromatic nitrogens is 3. The Bertz CT molecular complexity index is 649. The Balaban J connectivity index is 0.000000114. The third-order valence-corrected chi connectivity index (χ3v) is 2.71. The molecular weight excluding hydrogens is 224 g/mol. The van der Waals surface area contributed by atoms with E-state index in [0.29, 0.717) is 0 Å². The molecule has 5 rings (SSSR count). The van der Waals surface area contributed by atoms with Crippen molar-refractivity contribution in [2.24, 2.45) is 0 Å². The van der Waals surface area contributed by atoms with E-state index in [-0.39, 0.29) is 0 Å². The fraction of sp³-hybridized carbons (Fsp3) is 0. The Morgan fingerprint density at radius 1 is 0.667 bits per heavy atom. The highest BCUT2D eigenvalue weighted by molar-refractivity contribution is 5.72. The molecule has 0 amide bonds. The van der Waals surface area contributed by atoms with Crippen LogP contribution in [0.15, 0.2) is 60.7 Å². The Kier molecular flexibility index (Phi) is 2.53. The fourth-order valence-corrected chi connectivity index (χ4v) is 1.79. The van der Waals surface area contributed by atoms with Gasteiger partial charge in [0.1, 0.15) is 11.0 Å². The molecule has 4 aromatic carbocycles. The topological polar surface area (TPSA) is 56.7 Å². The zero-order chi connectivity index (χ0) is 12.4. The van der Waals surface area contributed by atoms with Crippen molar-refractivity contribution in [1.82, 2.24) is 15.1 Å². The van der Waals surface area contributed by atoms with Crippen molar-refractivity contribution in [2.45, 2.75) is 0 Å². The Morgan fingerprint density at radius 2 is 1.06 bits per heavy atom. The lowest BCUT2D eigenvalue weighted by Crippen LogP contribution is -2.11. The zero-order valence-corrected chi connectivity index (χ0v) is 9.69. The van der Waals surface area contributed by atoms with Gasteiger partial charge in [-0.3, -0.25) is 0 Å². The van der Waals surface area contributed by atoms with Crippen molar-refractivity contribution in [3.63, 3.8) is 0 Å². The van der Waals surface area contributed by atoms with Crippen LogP contribution in [-0.2, 0) is 0 Å². The van der Waals surface area contributed by atoms with Gasteiger partial charge in [-0.2, -0.15) is 0 Å². The normalized spacial score (nSPS) is 10.4. The van der Waals surface area contributed by atoms with Crippen LogP contribution >= 0.6 is 0 Å². The number of hydrogen-bond acceptors (Lipinski definition) is 3. The van der Waals surface area contributed by atoms with E-state index >= 15 is 0 Å². The van der Waals surface area contributed by atoms with E-state index in [0.717, 1.165) is 15.9 Å². The quantitative estimate of drug-likeness (QED) is 0.477. The summed E-state index contributed by atoms with van der Waals surface area (Å²) < 4.78 is 0. The summed E-state index contributed by atoms with van der Waals surface area (Å²) in [5.74, 6) is 5.28. The van der Waals surface area contributed by atoms with Crippen molar-refractivity contribution >= 4 is 21.8 Å². The molecule has 0 aliphatic rings. The predicted molar refractivity (Wildman–Crippen MR) is 72.8 cm³/mol. The smallest absolute Gasteiger partial charge is 0.115 e. The molecule has 0 unspecified atom stereocenters. The largest absolute Gasteiger partial charge is 0.306 e. The zero-order valence-electron chi connectivity index (χ0n) is 9.69. The van der Waals surface area contributed by atoms with Crippen LogP contribution < -0.4 is 5.84 Å². The summed E-state index contributed by atoms with van der Waals surface area (Å²) in [5, 5.41) is 10.4. The van der Waals surface area contributed by atoms with E-state index in [2.05, 4.69) is 46.6 Å². The van der Waals surface area contributed by atoms with Crippen LogP contribution in [-0.4, -0.2) is 15.1 Å². The number of rotatable bonds is 0. The van der Waals surface area contributed by atoms with Crippen molar-refractivity contribution in [2.75, 3.05) is 5.84 Å². The maximum atomic E-state index is 5.28. The average Bonchev–Trinajstić information content (AvgIpc) is 2.82. The molecule has 0 radical (unpaired) electrons. The minimum Gasteiger partial charge on any atom is -0.306 e. The van der Waals surface area contributed by atoms with Crippen molar-refractivity contribution in [1.29, 1.82) is 0 Å². The molecule has 88 valence electrons. The lowest BCUT2D eigenvalue weighted by molar-refractivity contribution is 0.720. The summed E-state index contributed by atoms with van der Waals surface area (Å²) in [4.78, 5) is 1.07. The highest BCUT2D eigenvalue weighted by atomic mass is 15.6. The van der Waals surface area contributed by atoms with Crippen LogP contribution in [0.1, 0.15) is 0 Å². The van der Waals surface area contributed by atoms with Gasteiger partial charge in [-0.1, -0.05) is 53.4 Å². The van der Waals surface area contributed by atoms with Crippen LogP contribution in [0.25, 0.3) is 21.8 Å². The van der Waals surface area contributed by atoms with E-state index in [1.165, 1.54) is 10.8 Å². The number of hydrogen-bond donors (Lipinski definition) is 1. The van der Waals surface area contributed by atoms with Gasteiger partial charge in [0.05, 0.1) is 0 Å². The molecule has 4 nitrogen and oxygen atoms in total.